The monoisotopic (exact) mass is 537 g/mol. The molecule has 1 aromatic carbocycles. The van der Waals surface area contributed by atoms with Gasteiger partial charge >= 0.3 is 0 Å². The molecule has 6 rings (SSSR count). The first kappa shape index (κ1) is 25.6. The van der Waals surface area contributed by atoms with Crippen molar-refractivity contribution in [2.45, 2.75) is 38.3 Å². The normalized spacial score (nSPS) is 17.1. The zero-order valence-electron chi connectivity index (χ0n) is 22.2. The van der Waals surface area contributed by atoms with Crippen molar-refractivity contribution in [3.63, 3.8) is 0 Å². The van der Waals surface area contributed by atoms with Crippen LogP contribution in [0.25, 0.3) is 22.3 Å². The first-order valence-corrected chi connectivity index (χ1v) is 13.5. The molecule has 204 valence electrons. The minimum atomic E-state index is -0.254. The molecular formula is C29H31N9O2. The number of rotatable bonds is 8. The van der Waals surface area contributed by atoms with Crippen molar-refractivity contribution in [3.8, 4) is 11.3 Å². The number of nitrogens with two attached hydrogens (primary N) is 1. The highest BCUT2D eigenvalue weighted by Crippen LogP contribution is 2.34. The number of pyridine rings is 1. The average Bonchev–Trinajstić information content (AvgIpc) is 3.49. The van der Waals surface area contributed by atoms with Crippen LogP contribution >= 0.6 is 0 Å². The standard InChI is InChI=1S/C29H31N9O2/c1-18-10-13-32-23(15-18)35-29(40)20-6-4-19(5-7-20)26-25-27(30)33-17-34-28(25)38(36-26)22-11-14-37(16-22)24(39)3-2-12-31-21-8-9-21/h2-7,10,13,15,17,21-22,31H,8-9,11-12,14,16H2,1H3,(H2,30,33,34)(H,32,35,40)/b3-2+/t22-/m1/s1. The van der Waals surface area contributed by atoms with Gasteiger partial charge in [-0.2, -0.15) is 5.10 Å². The zero-order valence-corrected chi connectivity index (χ0v) is 22.2. The number of aryl methyl sites for hydroxylation is 1. The van der Waals surface area contributed by atoms with Crippen molar-refractivity contribution in [1.29, 1.82) is 0 Å². The zero-order chi connectivity index (χ0) is 27.6. The van der Waals surface area contributed by atoms with Crippen LogP contribution in [0.5, 0.6) is 0 Å². The SMILES string of the molecule is Cc1ccnc(NC(=O)c2ccc(-c3nn([C@@H]4CCN(C(=O)/C=C/CNC5CC5)C4)c4ncnc(N)c34)cc2)c1. The molecule has 2 amide bonds. The maximum atomic E-state index is 12.8. The van der Waals surface area contributed by atoms with E-state index in [0.29, 0.717) is 59.6 Å². The number of likely N-dealkylation sites (tertiary alicyclic amines) is 1. The minimum absolute atomic E-state index is 0.000602. The summed E-state index contributed by atoms with van der Waals surface area (Å²) in [6.07, 6.45) is 9.82. The topological polar surface area (TPSA) is 144 Å². The molecule has 4 N–H and O–H groups in total. The summed E-state index contributed by atoms with van der Waals surface area (Å²) in [5, 5.41) is 11.8. The van der Waals surface area contributed by atoms with E-state index in [4.69, 9.17) is 10.8 Å². The first-order valence-electron chi connectivity index (χ1n) is 13.5. The van der Waals surface area contributed by atoms with Gasteiger partial charge in [-0.3, -0.25) is 9.59 Å². The Morgan fingerprint density at radius 2 is 1.93 bits per heavy atom. The Kier molecular flexibility index (Phi) is 6.95. The molecule has 0 unspecified atom stereocenters. The average molecular weight is 538 g/mol. The smallest absolute Gasteiger partial charge is 0.256 e. The maximum absolute atomic E-state index is 12.8. The predicted molar refractivity (Wildman–Crippen MR) is 152 cm³/mol. The van der Waals surface area contributed by atoms with Crippen molar-refractivity contribution in [2.75, 3.05) is 30.7 Å². The van der Waals surface area contributed by atoms with E-state index in [9.17, 15) is 9.59 Å². The van der Waals surface area contributed by atoms with Crippen LogP contribution < -0.4 is 16.4 Å². The van der Waals surface area contributed by atoms with Gasteiger partial charge in [0, 0.05) is 49.1 Å². The molecule has 0 bridgehead atoms. The number of aromatic nitrogens is 5. The Bertz CT molecular complexity index is 1590. The molecule has 40 heavy (non-hydrogen) atoms. The molecule has 1 aliphatic carbocycles. The molecule has 1 atom stereocenters. The number of anilines is 2. The van der Waals surface area contributed by atoms with Crippen LogP contribution in [0.3, 0.4) is 0 Å². The van der Waals surface area contributed by atoms with Gasteiger partial charge in [-0.05, 0) is 56.0 Å². The van der Waals surface area contributed by atoms with Gasteiger partial charge in [0.2, 0.25) is 5.91 Å². The molecule has 0 radical (unpaired) electrons. The summed E-state index contributed by atoms with van der Waals surface area (Å²) >= 11 is 0. The highest BCUT2D eigenvalue weighted by molar-refractivity contribution is 6.04. The summed E-state index contributed by atoms with van der Waals surface area (Å²) in [5.74, 6) is 0.575. The van der Waals surface area contributed by atoms with Crippen LogP contribution in [0, 0.1) is 6.92 Å². The van der Waals surface area contributed by atoms with Gasteiger partial charge in [0.15, 0.2) is 5.65 Å². The second kappa shape index (κ2) is 10.9. The van der Waals surface area contributed by atoms with Crippen molar-refractivity contribution in [2.24, 2.45) is 0 Å². The Morgan fingerprint density at radius 3 is 2.70 bits per heavy atom. The summed E-state index contributed by atoms with van der Waals surface area (Å²) in [5.41, 5.74) is 9.84. The van der Waals surface area contributed by atoms with E-state index in [1.54, 1.807) is 24.4 Å². The molecule has 0 spiro atoms. The number of fused-ring (bicyclic) bond motifs is 1. The third-order valence-electron chi connectivity index (χ3n) is 7.28. The van der Waals surface area contributed by atoms with E-state index in [1.165, 1.54) is 19.2 Å². The molecule has 11 nitrogen and oxygen atoms in total. The van der Waals surface area contributed by atoms with E-state index in [1.807, 2.05) is 46.8 Å². The van der Waals surface area contributed by atoms with Gasteiger partial charge in [-0.1, -0.05) is 18.2 Å². The van der Waals surface area contributed by atoms with E-state index in [0.717, 1.165) is 17.5 Å². The third kappa shape index (κ3) is 5.41. The van der Waals surface area contributed by atoms with E-state index in [2.05, 4.69) is 25.6 Å². The molecule has 2 fully saturated rings. The molecule has 1 saturated carbocycles. The lowest BCUT2D eigenvalue weighted by Gasteiger charge is -2.15. The second-order valence-corrected chi connectivity index (χ2v) is 10.3. The minimum Gasteiger partial charge on any atom is -0.383 e. The molecule has 3 aromatic heterocycles. The number of nitrogens with zero attached hydrogens (tertiary/aromatic N) is 6. The lowest BCUT2D eigenvalue weighted by atomic mass is 10.1. The first-order chi connectivity index (χ1) is 19.5. The predicted octanol–water partition coefficient (Wildman–Crippen LogP) is 3.11. The number of nitrogens with one attached hydrogen (secondary N) is 2. The summed E-state index contributed by atoms with van der Waals surface area (Å²) in [6, 6.07) is 11.4. The van der Waals surface area contributed by atoms with Crippen LogP contribution in [0.15, 0.2) is 61.1 Å². The molecule has 4 heterocycles. The number of hydrogen-bond acceptors (Lipinski definition) is 8. The van der Waals surface area contributed by atoms with Gasteiger partial charge in [0.05, 0.1) is 11.4 Å². The van der Waals surface area contributed by atoms with Gasteiger partial charge in [-0.15, -0.1) is 0 Å². The molecule has 11 heteroatoms. The van der Waals surface area contributed by atoms with Crippen molar-refractivity contribution in [3.05, 3.63) is 72.2 Å². The molecule has 4 aromatic rings. The second-order valence-electron chi connectivity index (χ2n) is 10.3. The number of benzene rings is 1. The Morgan fingerprint density at radius 1 is 1.10 bits per heavy atom. The van der Waals surface area contributed by atoms with Gasteiger partial charge in [-0.25, -0.2) is 19.6 Å². The van der Waals surface area contributed by atoms with Gasteiger partial charge in [0.25, 0.3) is 5.91 Å². The Labute approximate surface area is 231 Å². The number of amides is 2. The molecule has 1 aliphatic heterocycles. The third-order valence-corrected chi connectivity index (χ3v) is 7.28. The largest absolute Gasteiger partial charge is 0.383 e. The van der Waals surface area contributed by atoms with E-state index < -0.39 is 0 Å². The van der Waals surface area contributed by atoms with Gasteiger partial charge < -0.3 is 21.3 Å². The lowest BCUT2D eigenvalue weighted by Crippen LogP contribution is -2.28. The maximum Gasteiger partial charge on any atom is 0.256 e. The fourth-order valence-corrected chi connectivity index (χ4v) is 4.95. The Hall–Kier alpha value is -4.64. The number of nitrogen functional groups attached to an aromatic ring is 1. The van der Waals surface area contributed by atoms with Gasteiger partial charge in [0.1, 0.15) is 23.7 Å². The van der Waals surface area contributed by atoms with Crippen molar-refractivity contribution in [1.82, 2.24) is 34.9 Å². The van der Waals surface area contributed by atoms with Crippen molar-refractivity contribution < 1.29 is 9.59 Å². The summed E-state index contributed by atoms with van der Waals surface area (Å²) in [7, 11) is 0. The number of carbonyl (C=O) groups is 2. The fourth-order valence-electron chi connectivity index (χ4n) is 4.95. The Balaban J connectivity index is 1.21. The fraction of sp³-hybridized carbons (Fsp3) is 0.310. The molecule has 1 saturated heterocycles. The number of carbonyl (C=O) groups excluding carboxylic acids is 2. The van der Waals surface area contributed by atoms with Crippen LogP contribution in [-0.4, -0.2) is 67.1 Å². The lowest BCUT2D eigenvalue weighted by molar-refractivity contribution is -0.125. The van der Waals surface area contributed by atoms with E-state index in [-0.39, 0.29) is 17.9 Å². The van der Waals surface area contributed by atoms with Crippen LogP contribution in [-0.2, 0) is 4.79 Å². The number of hydrogen-bond donors (Lipinski definition) is 3. The van der Waals surface area contributed by atoms with Crippen LogP contribution in [0.1, 0.15) is 41.2 Å². The quantitative estimate of drug-likeness (QED) is 0.291. The highest BCUT2D eigenvalue weighted by Gasteiger charge is 2.30. The van der Waals surface area contributed by atoms with Crippen molar-refractivity contribution >= 4 is 34.5 Å². The van der Waals surface area contributed by atoms with Crippen LogP contribution in [0.2, 0.25) is 0 Å². The summed E-state index contributed by atoms with van der Waals surface area (Å²) in [4.78, 5) is 40.2. The van der Waals surface area contributed by atoms with Crippen LogP contribution in [0.4, 0.5) is 11.6 Å². The summed E-state index contributed by atoms with van der Waals surface area (Å²) in [6.45, 7) is 3.82. The molecular weight excluding hydrogens is 506 g/mol. The van der Waals surface area contributed by atoms with E-state index >= 15 is 0 Å². The summed E-state index contributed by atoms with van der Waals surface area (Å²) < 4.78 is 1.86. The highest BCUT2D eigenvalue weighted by atomic mass is 16.2. The molecule has 2 aliphatic rings.